The summed E-state index contributed by atoms with van der Waals surface area (Å²) in [5.74, 6) is 0.990. The fourth-order valence-corrected chi connectivity index (χ4v) is 2.06. The second kappa shape index (κ2) is 5.46. The van der Waals surface area contributed by atoms with Crippen molar-refractivity contribution >= 4 is 27.3 Å². The van der Waals surface area contributed by atoms with E-state index in [2.05, 4.69) is 4.72 Å². The SMILES string of the molecule is COc1cc(C)c(NS(=O)(=O)CCl)cc1OC. The van der Waals surface area contributed by atoms with E-state index in [-0.39, 0.29) is 0 Å². The number of sulfonamides is 1. The van der Waals surface area contributed by atoms with Crippen LogP contribution in [0.25, 0.3) is 0 Å². The third kappa shape index (κ3) is 3.41. The molecule has 0 amide bonds. The summed E-state index contributed by atoms with van der Waals surface area (Å²) in [5.41, 5.74) is 1.14. The Bertz CT molecular complexity index is 501. The van der Waals surface area contributed by atoms with E-state index in [1.807, 2.05) is 0 Å². The van der Waals surface area contributed by atoms with Crippen LogP contribution in [-0.2, 0) is 10.0 Å². The van der Waals surface area contributed by atoms with Crippen LogP contribution in [0.1, 0.15) is 5.56 Å². The average molecular weight is 280 g/mol. The first kappa shape index (κ1) is 13.9. The van der Waals surface area contributed by atoms with Crippen molar-refractivity contribution in [2.24, 2.45) is 0 Å². The summed E-state index contributed by atoms with van der Waals surface area (Å²) >= 11 is 5.32. The van der Waals surface area contributed by atoms with Crippen LogP contribution < -0.4 is 14.2 Å². The highest BCUT2D eigenvalue weighted by molar-refractivity contribution is 7.93. The molecule has 0 radical (unpaired) electrons. The number of rotatable bonds is 5. The van der Waals surface area contributed by atoms with E-state index in [4.69, 9.17) is 21.1 Å². The molecule has 0 bridgehead atoms. The number of aryl methyl sites for hydroxylation is 1. The molecule has 1 aromatic rings. The van der Waals surface area contributed by atoms with E-state index in [0.29, 0.717) is 17.2 Å². The largest absolute Gasteiger partial charge is 0.493 e. The summed E-state index contributed by atoms with van der Waals surface area (Å²) in [6.45, 7) is 1.76. The number of benzene rings is 1. The first-order valence-corrected chi connectivity index (χ1v) is 6.91. The second-order valence-electron chi connectivity index (χ2n) is 3.35. The Balaban J connectivity index is 3.18. The van der Waals surface area contributed by atoms with Gasteiger partial charge in [-0.15, -0.1) is 11.6 Å². The van der Waals surface area contributed by atoms with E-state index < -0.39 is 15.2 Å². The van der Waals surface area contributed by atoms with Crippen LogP contribution in [0.3, 0.4) is 0 Å². The quantitative estimate of drug-likeness (QED) is 0.837. The fraction of sp³-hybridized carbons (Fsp3) is 0.400. The highest BCUT2D eigenvalue weighted by Gasteiger charge is 2.13. The third-order valence-corrected chi connectivity index (χ3v) is 3.82. The van der Waals surface area contributed by atoms with Crippen molar-refractivity contribution in [2.45, 2.75) is 6.92 Å². The molecule has 0 saturated carbocycles. The predicted molar refractivity (Wildman–Crippen MR) is 67.5 cm³/mol. The highest BCUT2D eigenvalue weighted by Crippen LogP contribution is 2.33. The maximum absolute atomic E-state index is 11.4. The standard InChI is InChI=1S/C10H14ClNO4S/c1-7-4-9(15-2)10(16-3)5-8(7)12-17(13,14)6-11/h4-5,12H,6H2,1-3H3. The number of halogens is 1. The second-order valence-corrected chi connectivity index (χ2v) is 5.65. The van der Waals surface area contributed by atoms with Gasteiger partial charge in [0.2, 0.25) is 10.0 Å². The Morgan fingerprint density at radius 2 is 1.76 bits per heavy atom. The number of methoxy groups -OCH3 is 2. The molecule has 0 heterocycles. The van der Waals surface area contributed by atoms with Crippen molar-refractivity contribution in [3.8, 4) is 11.5 Å². The maximum Gasteiger partial charge on any atom is 0.246 e. The van der Waals surface area contributed by atoms with Crippen molar-refractivity contribution in [1.29, 1.82) is 0 Å². The zero-order valence-corrected chi connectivity index (χ0v) is 11.4. The minimum atomic E-state index is -3.52. The Labute approximate surface area is 106 Å². The molecule has 0 spiro atoms. The van der Waals surface area contributed by atoms with Crippen LogP contribution >= 0.6 is 11.6 Å². The van der Waals surface area contributed by atoms with Gasteiger partial charge in [-0.2, -0.15) is 0 Å². The first-order valence-electron chi connectivity index (χ1n) is 4.72. The Kier molecular flexibility index (Phi) is 4.47. The topological polar surface area (TPSA) is 64.6 Å². The molecule has 0 unspecified atom stereocenters. The number of anilines is 1. The highest BCUT2D eigenvalue weighted by atomic mass is 35.5. The molecule has 0 atom stereocenters. The fourth-order valence-electron chi connectivity index (χ4n) is 1.29. The minimum Gasteiger partial charge on any atom is -0.493 e. The van der Waals surface area contributed by atoms with Gasteiger partial charge in [0.15, 0.2) is 11.5 Å². The van der Waals surface area contributed by atoms with Gasteiger partial charge >= 0.3 is 0 Å². The molecular weight excluding hydrogens is 266 g/mol. The lowest BCUT2D eigenvalue weighted by Gasteiger charge is -2.13. The van der Waals surface area contributed by atoms with Gasteiger partial charge in [0.25, 0.3) is 0 Å². The molecule has 1 N–H and O–H groups in total. The monoisotopic (exact) mass is 279 g/mol. The van der Waals surface area contributed by atoms with Gasteiger partial charge in [-0.25, -0.2) is 8.42 Å². The van der Waals surface area contributed by atoms with Crippen LogP contribution in [0, 0.1) is 6.92 Å². The van der Waals surface area contributed by atoms with Crippen LogP contribution in [0.5, 0.6) is 11.5 Å². The van der Waals surface area contributed by atoms with Crippen molar-refractivity contribution in [3.05, 3.63) is 17.7 Å². The summed E-state index contributed by atoms with van der Waals surface area (Å²) in [6, 6.07) is 3.24. The molecule has 96 valence electrons. The van der Waals surface area contributed by atoms with E-state index in [1.165, 1.54) is 14.2 Å². The van der Waals surface area contributed by atoms with Crippen LogP contribution in [0.15, 0.2) is 12.1 Å². The van der Waals surface area contributed by atoms with E-state index >= 15 is 0 Å². The minimum absolute atomic E-state index is 0.420. The molecule has 0 aliphatic rings. The zero-order chi connectivity index (χ0) is 13.1. The molecule has 0 aliphatic carbocycles. The van der Waals surface area contributed by atoms with Crippen LogP contribution in [-0.4, -0.2) is 27.8 Å². The molecule has 0 aliphatic heterocycles. The molecule has 1 aromatic carbocycles. The van der Waals surface area contributed by atoms with Crippen molar-refractivity contribution in [3.63, 3.8) is 0 Å². The normalized spacial score (nSPS) is 11.1. The number of hydrogen-bond acceptors (Lipinski definition) is 4. The number of nitrogens with one attached hydrogen (secondary N) is 1. The summed E-state index contributed by atoms with van der Waals surface area (Å²) in [6.07, 6.45) is 0. The van der Waals surface area contributed by atoms with Gasteiger partial charge in [0.05, 0.1) is 19.9 Å². The Morgan fingerprint density at radius 1 is 1.24 bits per heavy atom. The average Bonchev–Trinajstić information content (AvgIpc) is 2.31. The van der Waals surface area contributed by atoms with Gasteiger partial charge < -0.3 is 9.47 Å². The van der Waals surface area contributed by atoms with E-state index in [1.54, 1.807) is 19.1 Å². The van der Waals surface area contributed by atoms with Gasteiger partial charge in [-0.05, 0) is 18.6 Å². The zero-order valence-electron chi connectivity index (χ0n) is 9.78. The Hall–Kier alpha value is -1.14. The maximum atomic E-state index is 11.4. The lowest BCUT2D eigenvalue weighted by atomic mass is 10.2. The van der Waals surface area contributed by atoms with Gasteiger partial charge in [0.1, 0.15) is 5.21 Å². The van der Waals surface area contributed by atoms with Crippen LogP contribution in [0.4, 0.5) is 5.69 Å². The number of hydrogen-bond donors (Lipinski definition) is 1. The molecule has 1 rings (SSSR count). The predicted octanol–water partition coefficient (Wildman–Crippen LogP) is 1.95. The van der Waals surface area contributed by atoms with Crippen molar-refractivity contribution in [2.75, 3.05) is 24.2 Å². The molecule has 0 aromatic heterocycles. The summed E-state index contributed by atoms with van der Waals surface area (Å²) in [7, 11) is -0.528. The summed E-state index contributed by atoms with van der Waals surface area (Å²) in [5, 5.41) is -0.499. The molecule has 0 fully saturated rings. The van der Waals surface area contributed by atoms with Crippen LogP contribution in [0.2, 0.25) is 0 Å². The first-order chi connectivity index (χ1) is 7.93. The molecular formula is C10H14ClNO4S. The van der Waals surface area contributed by atoms with Crippen molar-refractivity contribution in [1.82, 2.24) is 0 Å². The Morgan fingerprint density at radius 3 is 2.24 bits per heavy atom. The van der Waals surface area contributed by atoms with Gasteiger partial charge in [-0.3, -0.25) is 4.72 Å². The van der Waals surface area contributed by atoms with Crippen molar-refractivity contribution < 1.29 is 17.9 Å². The summed E-state index contributed by atoms with van der Waals surface area (Å²) in [4.78, 5) is 0. The lowest BCUT2D eigenvalue weighted by Crippen LogP contribution is -2.14. The van der Waals surface area contributed by atoms with E-state index in [0.717, 1.165) is 5.56 Å². The van der Waals surface area contributed by atoms with Gasteiger partial charge in [-0.1, -0.05) is 0 Å². The smallest absolute Gasteiger partial charge is 0.246 e. The molecule has 5 nitrogen and oxygen atoms in total. The molecule has 7 heteroatoms. The third-order valence-electron chi connectivity index (χ3n) is 2.14. The summed E-state index contributed by atoms with van der Waals surface area (Å²) < 4.78 is 35.3. The molecule has 0 saturated heterocycles. The number of alkyl halides is 1. The van der Waals surface area contributed by atoms with Gasteiger partial charge in [0, 0.05) is 6.07 Å². The number of ether oxygens (including phenoxy) is 2. The molecule has 17 heavy (non-hydrogen) atoms. The van der Waals surface area contributed by atoms with E-state index in [9.17, 15) is 8.42 Å². The lowest BCUT2D eigenvalue weighted by molar-refractivity contribution is 0.355.